The Morgan fingerprint density at radius 3 is 1.03 bits per heavy atom. The summed E-state index contributed by atoms with van der Waals surface area (Å²) in [5.41, 5.74) is 7.07. The molecule has 119 heavy (non-hydrogen) atoms. The van der Waals surface area contributed by atoms with Gasteiger partial charge in [-0.2, -0.15) is 44.5 Å². The van der Waals surface area contributed by atoms with Gasteiger partial charge in [0.25, 0.3) is 23.6 Å². The maximum Gasteiger partial charge on any atom is 0.417 e. The number of alkyl halides is 9. The number of nitrogens with one attached hydrogen (secondary N) is 8. The van der Waals surface area contributed by atoms with E-state index in [-0.39, 0.29) is 97.5 Å². The molecule has 622 valence electrons. The number of hydrogen-bond donors (Lipinski definition) is 11. The molecule has 0 aliphatic heterocycles. The van der Waals surface area contributed by atoms with Crippen molar-refractivity contribution in [3.63, 3.8) is 0 Å². The number of aromatic hydroxyl groups is 1. The maximum absolute atomic E-state index is 14.4. The highest BCUT2D eigenvalue weighted by Crippen LogP contribution is 2.40. The minimum Gasteiger partial charge on any atom is -0.508 e. The molecule has 43 heteroatoms. The summed E-state index contributed by atoms with van der Waals surface area (Å²) in [4.78, 5) is 98.2. The Morgan fingerprint density at radius 2 is 0.706 bits per heavy atom. The highest BCUT2D eigenvalue weighted by Gasteiger charge is 2.36. The van der Waals surface area contributed by atoms with Gasteiger partial charge in [-0.1, -0.05) is 46.4 Å². The molecule has 7 aromatic carbocycles. The van der Waals surface area contributed by atoms with E-state index in [0.717, 1.165) is 42.5 Å². The summed E-state index contributed by atoms with van der Waals surface area (Å²) in [6, 6.07) is 33.2. The van der Waals surface area contributed by atoms with Gasteiger partial charge in [-0.3, -0.25) is 39.1 Å². The number of nitrogens with zero attached hydrogens (tertiary/aromatic N) is 5. The summed E-state index contributed by atoms with van der Waals surface area (Å²) >= 11 is 22.0. The van der Waals surface area contributed by atoms with Gasteiger partial charge < -0.3 is 73.3 Å². The van der Waals surface area contributed by atoms with Crippen LogP contribution in [-0.2, 0) is 23.3 Å². The van der Waals surface area contributed by atoms with Crippen LogP contribution in [0.5, 0.6) is 40.2 Å². The number of pyridine rings is 4. The number of carbonyl (C=O) groups excluding carboxylic acids is 7. The number of carbonyl (C=O) groups is 6. The highest BCUT2D eigenvalue weighted by atomic mass is 35.5. The molecule has 8 amide bonds. The van der Waals surface area contributed by atoms with E-state index >= 15 is 0 Å². The minimum atomic E-state index is -4.71. The number of nitrogen functional groups attached to an aromatic ring is 2. The van der Waals surface area contributed by atoms with Gasteiger partial charge in [-0.05, 0) is 133 Å². The lowest BCUT2D eigenvalue weighted by Crippen LogP contribution is -2.20. The van der Waals surface area contributed by atoms with Crippen LogP contribution in [0.15, 0.2) is 206 Å². The molecule has 0 bridgehead atoms. The molecule has 0 atom stereocenters. The molecular formula is C76H58Cl4F13N15O11. The van der Waals surface area contributed by atoms with Gasteiger partial charge in [-0.25, -0.2) is 31.9 Å². The number of rotatable bonds is 15. The van der Waals surface area contributed by atoms with Gasteiger partial charge in [0, 0.05) is 112 Å². The Balaban J connectivity index is 0.000000236. The first-order chi connectivity index (χ1) is 56.1. The van der Waals surface area contributed by atoms with Crippen LogP contribution < -0.4 is 68.2 Å². The summed E-state index contributed by atoms with van der Waals surface area (Å²) in [7, 11) is 5.94. The molecule has 11 aromatic rings. The minimum absolute atomic E-state index is 0.0489. The van der Waals surface area contributed by atoms with Crippen molar-refractivity contribution in [1.82, 2.24) is 41.2 Å². The van der Waals surface area contributed by atoms with E-state index in [4.69, 9.17) is 77.2 Å². The van der Waals surface area contributed by atoms with E-state index < -0.39 is 97.4 Å². The molecule has 13 N–H and O–H groups in total. The maximum atomic E-state index is 14.4. The smallest absolute Gasteiger partial charge is 0.417 e. The van der Waals surface area contributed by atoms with Crippen molar-refractivity contribution in [3.05, 3.63) is 284 Å². The first-order valence-electron chi connectivity index (χ1n) is 32.8. The van der Waals surface area contributed by atoms with Crippen LogP contribution in [0.3, 0.4) is 0 Å². The molecule has 4 aromatic heterocycles. The zero-order chi connectivity index (χ0) is 88.1. The summed E-state index contributed by atoms with van der Waals surface area (Å²) in [5, 5.41) is 26.2. The lowest BCUT2D eigenvalue weighted by atomic mass is 10.2. The fourth-order valence-electron chi connectivity index (χ4n) is 8.72. The number of phenols is 1. The standard InChI is InChI=1S/2C21H15ClF4N4O3.C13H12FN3O2.C8H3ClF3NO.C7H7ClN2O.C6H6FNO/c2*1-27-19(31)18-10-13(6-7-28-18)33-12-3-5-17(16(23)9-12)30-20(32)29-11-2-4-15(22)14(8-11)21(24,25)26;1-16-13(18)12-7-9(4-5-17-12)19-8-2-3-11(15)10(14)6-8;9-7-2-1-5(13-4-14)3-6(7)8(10,11)12;1-9-7(11)6-4-5(8)2-3-10-6;7-5-3-4(9)1-2-6(5)8/h2*2-10H,1H3,(H,27,31)(H2,29,30,32);2-7H,15H2,1H3,(H,16,18);1-3H;2-4H,1H3,(H,9,11);1-3,9H,8H2. The van der Waals surface area contributed by atoms with Gasteiger partial charge in [0.2, 0.25) is 6.08 Å². The third kappa shape index (κ3) is 30.0. The number of anilines is 6. The summed E-state index contributed by atoms with van der Waals surface area (Å²) in [6.45, 7) is 0. The normalized spacial score (nSPS) is 10.5. The van der Waals surface area contributed by atoms with Crippen LogP contribution >= 0.6 is 46.4 Å². The molecule has 0 saturated heterocycles. The molecule has 0 fully saturated rings. The van der Waals surface area contributed by atoms with Crippen molar-refractivity contribution in [1.29, 1.82) is 0 Å². The summed E-state index contributed by atoms with van der Waals surface area (Å²) < 4.78 is 185. The number of ether oxygens (including phenoxy) is 3. The molecule has 0 spiro atoms. The predicted molar refractivity (Wildman–Crippen MR) is 414 cm³/mol. The molecule has 26 nitrogen and oxygen atoms in total. The van der Waals surface area contributed by atoms with Crippen molar-refractivity contribution in [2.45, 2.75) is 18.5 Å². The fourth-order valence-corrected chi connectivity index (χ4v) is 9.55. The third-order valence-corrected chi connectivity index (χ3v) is 15.5. The Morgan fingerprint density at radius 1 is 0.387 bits per heavy atom. The molecule has 0 aliphatic carbocycles. The second-order valence-corrected chi connectivity index (χ2v) is 24.4. The lowest BCUT2D eigenvalue weighted by molar-refractivity contribution is -0.138. The molecule has 11 rings (SSSR count). The second-order valence-electron chi connectivity index (χ2n) is 22.7. The number of aromatic nitrogens is 4. The predicted octanol–water partition coefficient (Wildman–Crippen LogP) is 18.9. The van der Waals surface area contributed by atoms with Crippen molar-refractivity contribution < 1.29 is 110 Å². The van der Waals surface area contributed by atoms with Gasteiger partial charge in [0.05, 0.1) is 60.2 Å². The van der Waals surface area contributed by atoms with E-state index in [0.29, 0.717) is 40.4 Å². The molecule has 4 heterocycles. The van der Waals surface area contributed by atoms with E-state index in [1.807, 2.05) is 0 Å². The SMILES string of the molecule is CNC(=O)c1cc(Cl)ccn1.CNC(=O)c1cc(Oc2ccc(N)c(F)c2)ccn1.CNC(=O)c1cc(Oc2ccc(NC(=O)Nc3ccc(Cl)c(C(F)(F)F)c3)c(F)c2)ccn1.CNC(=O)c1cc(Oc2ccc(NC(=O)Nc3ccc(Cl)c(C(F)(F)F)c3)c(F)c2)ccn1.Nc1ccc(O)cc1F.O=C=Nc1ccc(Cl)c(C(F)(F)F)c1. The number of phenolic OH excluding ortho intramolecular Hbond substituents is 1. The first-order valence-corrected chi connectivity index (χ1v) is 34.3. The topological polar surface area (TPSA) is 380 Å². The van der Waals surface area contributed by atoms with Crippen LogP contribution in [0.1, 0.15) is 58.6 Å². The quantitative estimate of drug-likeness (QED) is 0.0149. The van der Waals surface area contributed by atoms with E-state index in [1.165, 1.54) is 149 Å². The third-order valence-electron chi connectivity index (χ3n) is 14.3. The van der Waals surface area contributed by atoms with Crippen molar-refractivity contribution in [2.24, 2.45) is 4.99 Å². The molecule has 0 saturated carbocycles. The fraction of sp³-hybridized carbons (Fsp3) is 0.0921. The van der Waals surface area contributed by atoms with Crippen LogP contribution in [-0.4, -0.2) is 95.0 Å². The number of nitrogens with two attached hydrogens (primary N) is 2. The number of benzene rings is 7. The Hall–Kier alpha value is -14.0. The van der Waals surface area contributed by atoms with Crippen LogP contribution in [0.4, 0.5) is 106 Å². The molecule has 0 radical (unpaired) electrons. The van der Waals surface area contributed by atoms with Gasteiger partial charge >= 0.3 is 30.6 Å². The monoisotopic (exact) mass is 1740 g/mol. The number of halogens is 17. The van der Waals surface area contributed by atoms with Gasteiger partial charge in [0.1, 0.15) is 86.3 Å². The lowest BCUT2D eigenvalue weighted by Gasteiger charge is -2.13. The summed E-state index contributed by atoms with van der Waals surface area (Å²) in [6.07, 6.45) is -7.19. The summed E-state index contributed by atoms with van der Waals surface area (Å²) in [5.74, 6) is -3.13. The average Bonchev–Trinajstić information content (AvgIpc) is 0.848. The molecule has 0 aliphatic rings. The van der Waals surface area contributed by atoms with Crippen molar-refractivity contribution in [3.8, 4) is 40.2 Å². The van der Waals surface area contributed by atoms with E-state index in [2.05, 4.69) is 67.5 Å². The number of aliphatic imine (C=N–C) groups is 1. The zero-order valence-corrected chi connectivity index (χ0v) is 63.9. The van der Waals surface area contributed by atoms with Gasteiger partial charge in [-0.15, -0.1) is 0 Å². The Labute approximate surface area is 684 Å². The Kier molecular flexibility index (Phi) is 34.4. The molecule has 0 unspecified atom stereocenters. The zero-order valence-electron chi connectivity index (χ0n) is 60.9. The van der Waals surface area contributed by atoms with Crippen LogP contribution in [0.2, 0.25) is 20.1 Å². The van der Waals surface area contributed by atoms with E-state index in [1.54, 1.807) is 25.2 Å². The number of amides is 8. The molecular weight excluding hydrogens is 1690 g/mol. The van der Waals surface area contributed by atoms with Crippen LogP contribution in [0.25, 0.3) is 0 Å². The van der Waals surface area contributed by atoms with Gasteiger partial charge in [0.15, 0.2) is 0 Å². The van der Waals surface area contributed by atoms with Crippen molar-refractivity contribution >= 4 is 128 Å². The largest absolute Gasteiger partial charge is 0.508 e. The average molecular weight is 1750 g/mol. The second kappa shape index (κ2) is 43.6. The Bertz CT molecular complexity index is 5340. The highest BCUT2D eigenvalue weighted by molar-refractivity contribution is 6.32. The van der Waals surface area contributed by atoms with Crippen molar-refractivity contribution in [2.75, 3.05) is 60.9 Å². The first kappa shape index (κ1) is 93.8. The number of isocyanates is 1. The van der Waals surface area contributed by atoms with E-state index in [9.17, 15) is 90.6 Å². The van der Waals surface area contributed by atoms with Crippen LogP contribution in [0, 0.1) is 23.3 Å². The number of hydrogen-bond acceptors (Lipinski definition) is 18. The number of urea groups is 2.